The quantitative estimate of drug-likeness (QED) is 0.511. The third kappa shape index (κ3) is 5.72. The molecule has 1 aromatic carbocycles. The molecule has 1 aliphatic heterocycles. The first-order valence-electron chi connectivity index (χ1n) is 10.1. The molecule has 1 fully saturated rings. The summed E-state index contributed by atoms with van der Waals surface area (Å²) in [5.41, 5.74) is 2.68. The fourth-order valence-electron chi connectivity index (χ4n) is 3.47. The Morgan fingerprint density at radius 1 is 1.10 bits per heavy atom. The van der Waals surface area contributed by atoms with Crippen LogP contribution >= 0.6 is 34.4 Å². The fraction of sp³-hybridized carbons (Fsp3) is 0.364. The number of aryl methyl sites for hydroxylation is 2. The van der Waals surface area contributed by atoms with Crippen LogP contribution in [0.1, 0.15) is 39.6 Å². The summed E-state index contributed by atoms with van der Waals surface area (Å²) in [7, 11) is 0. The van der Waals surface area contributed by atoms with Crippen LogP contribution < -0.4 is 5.32 Å². The second-order valence-electron chi connectivity index (χ2n) is 7.52. The molecule has 4 rings (SSSR count). The Bertz CT molecular complexity index is 1050. The van der Waals surface area contributed by atoms with Crippen LogP contribution in [-0.4, -0.2) is 39.8 Å². The minimum Gasteiger partial charge on any atom is -0.339 e. The highest BCUT2D eigenvalue weighted by atomic mass is 32.2. The number of thiazole rings is 2. The van der Waals surface area contributed by atoms with Gasteiger partial charge in [0.1, 0.15) is 0 Å². The molecule has 162 valence electrons. The first-order valence-corrected chi connectivity index (χ1v) is 12.9. The van der Waals surface area contributed by atoms with Crippen molar-refractivity contribution in [1.82, 2.24) is 14.9 Å². The fourth-order valence-corrected chi connectivity index (χ4v) is 5.67. The lowest BCUT2D eigenvalue weighted by atomic mass is 9.95. The molecule has 9 heteroatoms. The number of hydrogen-bond acceptors (Lipinski definition) is 7. The molecule has 0 spiro atoms. The largest absolute Gasteiger partial charge is 0.339 e. The molecule has 2 aromatic heterocycles. The number of benzene rings is 1. The second-order valence-corrected chi connectivity index (χ2v) is 10.5. The van der Waals surface area contributed by atoms with E-state index in [1.54, 1.807) is 23.1 Å². The number of nitrogens with zero attached hydrogens (tertiary/aromatic N) is 3. The molecule has 0 radical (unpaired) electrons. The van der Waals surface area contributed by atoms with Gasteiger partial charge >= 0.3 is 0 Å². The Morgan fingerprint density at radius 2 is 1.84 bits per heavy atom. The van der Waals surface area contributed by atoms with E-state index in [0.29, 0.717) is 36.6 Å². The zero-order chi connectivity index (χ0) is 21.8. The first kappa shape index (κ1) is 22.0. The first-order chi connectivity index (χ1) is 15.0. The lowest BCUT2D eigenvalue weighted by Crippen LogP contribution is -2.41. The van der Waals surface area contributed by atoms with Gasteiger partial charge in [-0.2, -0.15) is 0 Å². The maximum absolute atomic E-state index is 12.9. The van der Waals surface area contributed by atoms with Gasteiger partial charge in [-0.25, -0.2) is 9.97 Å². The Kier molecular flexibility index (Phi) is 7.04. The van der Waals surface area contributed by atoms with E-state index in [9.17, 15) is 9.59 Å². The molecular formula is C22H24N4O2S3. The lowest BCUT2D eigenvalue weighted by Gasteiger charge is -2.31. The van der Waals surface area contributed by atoms with Gasteiger partial charge in [0.25, 0.3) is 5.91 Å². The smallest absolute Gasteiger partial charge is 0.253 e. The predicted octanol–water partition coefficient (Wildman–Crippen LogP) is 5.00. The van der Waals surface area contributed by atoms with Crippen molar-refractivity contribution in [1.29, 1.82) is 0 Å². The molecule has 0 bridgehead atoms. The SMILES string of the molecule is Cc1csc(NC(=O)C2CCN(C(=O)c3ccc(SCc4csc(C)n4)cc3)CC2)n1. The Hall–Kier alpha value is -2.23. The number of nitrogens with one attached hydrogen (secondary N) is 1. The van der Waals surface area contributed by atoms with Crippen LogP contribution in [0, 0.1) is 19.8 Å². The number of aromatic nitrogens is 2. The van der Waals surface area contributed by atoms with Crippen molar-refractivity contribution in [2.45, 2.75) is 37.3 Å². The average molecular weight is 473 g/mol. The van der Waals surface area contributed by atoms with E-state index in [1.165, 1.54) is 11.3 Å². The summed E-state index contributed by atoms with van der Waals surface area (Å²) >= 11 is 4.82. The molecule has 0 aliphatic carbocycles. The van der Waals surface area contributed by atoms with Crippen molar-refractivity contribution in [3.63, 3.8) is 0 Å². The van der Waals surface area contributed by atoms with Crippen LogP contribution in [0.25, 0.3) is 0 Å². The van der Waals surface area contributed by atoms with Gasteiger partial charge in [0.2, 0.25) is 5.91 Å². The number of carbonyl (C=O) groups is 2. The van der Waals surface area contributed by atoms with Crippen molar-refractivity contribution in [2.75, 3.05) is 18.4 Å². The Balaban J connectivity index is 1.26. The molecule has 1 aliphatic rings. The molecule has 6 nitrogen and oxygen atoms in total. The maximum Gasteiger partial charge on any atom is 0.253 e. The average Bonchev–Trinajstić information content (AvgIpc) is 3.39. The van der Waals surface area contributed by atoms with E-state index in [0.717, 1.165) is 27.0 Å². The van der Waals surface area contributed by atoms with E-state index >= 15 is 0 Å². The van der Waals surface area contributed by atoms with Gasteiger partial charge in [-0.1, -0.05) is 0 Å². The third-order valence-corrected chi connectivity index (χ3v) is 7.90. The van der Waals surface area contributed by atoms with Crippen molar-refractivity contribution in [3.05, 3.63) is 57.0 Å². The van der Waals surface area contributed by atoms with Gasteiger partial charge in [-0.15, -0.1) is 34.4 Å². The van der Waals surface area contributed by atoms with Gasteiger partial charge < -0.3 is 10.2 Å². The van der Waals surface area contributed by atoms with Crippen LogP contribution in [0.4, 0.5) is 5.13 Å². The monoisotopic (exact) mass is 472 g/mol. The van der Waals surface area contributed by atoms with Crippen molar-refractivity contribution >= 4 is 51.4 Å². The van der Waals surface area contributed by atoms with Gasteiger partial charge in [-0.05, 0) is 51.0 Å². The third-order valence-electron chi connectivity index (χ3n) is 5.16. The van der Waals surface area contributed by atoms with Crippen LogP contribution in [0.5, 0.6) is 0 Å². The van der Waals surface area contributed by atoms with E-state index in [2.05, 4.69) is 20.7 Å². The predicted molar refractivity (Wildman–Crippen MR) is 127 cm³/mol. The number of carbonyl (C=O) groups excluding carboxylic acids is 2. The number of anilines is 1. The maximum atomic E-state index is 12.9. The lowest BCUT2D eigenvalue weighted by molar-refractivity contribution is -0.121. The number of hydrogen-bond donors (Lipinski definition) is 1. The summed E-state index contributed by atoms with van der Waals surface area (Å²) in [5.74, 6) is 0.772. The minimum absolute atomic E-state index is 0.00173. The molecule has 2 amide bonds. The van der Waals surface area contributed by atoms with Gasteiger partial charge in [0.15, 0.2) is 5.13 Å². The molecular weight excluding hydrogens is 448 g/mol. The Morgan fingerprint density at radius 3 is 2.45 bits per heavy atom. The Labute approximate surface area is 194 Å². The summed E-state index contributed by atoms with van der Waals surface area (Å²) in [4.78, 5) is 37.1. The standard InChI is InChI=1S/C22H24N4O2S3/c1-14-11-31-22(23-14)25-20(27)16-7-9-26(10-8-16)21(28)17-3-5-19(6-4-17)30-13-18-12-29-15(2)24-18/h3-6,11-12,16H,7-10,13H2,1-2H3,(H,23,25,27). The van der Waals surface area contributed by atoms with Crippen molar-refractivity contribution in [3.8, 4) is 0 Å². The highest BCUT2D eigenvalue weighted by Crippen LogP contribution is 2.26. The molecule has 1 saturated heterocycles. The van der Waals surface area contributed by atoms with Gasteiger partial charge in [0.05, 0.1) is 16.4 Å². The normalized spacial score (nSPS) is 14.6. The molecule has 1 N–H and O–H groups in total. The molecule has 3 aromatic rings. The second kappa shape index (κ2) is 9.93. The van der Waals surface area contributed by atoms with E-state index < -0.39 is 0 Å². The van der Waals surface area contributed by atoms with Crippen molar-refractivity contribution < 1.29 is 9.59 Å². The number of rotatable bonds is 6. The number of piperidine rings is 1. The molecule has 0 unspecified atom stereocenters. The highest BCUT2D eigenvalue weighted by Gasteiger charge is 2.28. The topological polar surface area (TPSA) is 75.2 Å². The van der Waals surface area contributed by atoms with Crippen LogP contribution in [-0.2, 0) is 10.5 Å². The van der Waals surface area contributed by atoms with Crippen LogP contribution in [0.2, 0.25) is 0 Å². The van der Waals surface area contributed by atoms with Gasteiger partial charge in [-0.3, -0.25) is 9.59 Å². The molecule has 0 atom stereocenters. The summed E-state index contributed by atoms with van der Waals surface area (Å²) in [6.07, 6.45) is 1.34. The molecule has 31 heavy (non-hydrogen) atoms. The summed E-state index contributed by atoms with van der Waals surface area (Å²) in [6.45, 7) is 5.10. The highest BCUT2D eigenvalue weighted by molar-refractivity contribution is 7.98. The minimum atomic E-state index is -0.0821. The van der Waals surface area contributed by atoms with Crippen molar-refractivity contribution in [2.24, 2.45) is 5.92 Å². The van der Waals surface area contributed by atoms with E-state index in [4.69, 9.17) is 0 Å². The number of amides is 2. The summed E-state index contributed by atoms with van der Waals surface area (Å²) in [6, 6.07) is 7.77. The van der Waals surface area contributed by atoms with E-state index in [1.807, 2.05) is 48.4 Å². The number of thioether (sulfide) groups is 1. The summed E-state index contributed by atoms with van der Waals surface area (Å²) < 4.78 is 0. The van der Waals surface area contributed by atoms with Crippen LogP contribution in [0.3, 0.4) is 0 Å². The number of likely N-dealkylation sites (tertiary alicyclic amines) is 1. The molecule has 3 heterocycles. The summed E-state index contributed by atoms with van der Waals surface area (Å²) in [5, 5.41) is 8.62. The van der Waals surface area contributed by atoms with Crippen LogP contribution in [0.15, 0.2) is 39.9 Å². The zero-order valence-electron chi connectivity index (χ0n) is 17.5. The van der Waals surface area contributed by atoms with E-state index in [-0.39, 0.29) is 17.7 Å². The zero-order valence-corrected chi connectivity index (χ0v) is 19.9. The molecule has 0 saturated carbocycles. The van der Waals surface area contributed by atoms with Gasteiger partial charge in [0, 0.05) is 46.0 Å².